The molecule has 2 heteroatoms. The van der Waals surface area contributed by atoms with E-state index in [1.807, 2.05) is 6.92 Å². The summed E-state index contributed by atoms with van der Waals surface area (Å²) < 4.78 is 0. The molecule has 0 spiro atoms. The highest BCUT2D eigenvalue weighted by atomic mass is 16.3. The lowest BCUT2D eigenvalue weighted by molar-refractivity contribution is 0.0713. The van der Waals surface area contributed by atoms with Gasteiger partial charge >= 0.3 is 0 Å². The molecule has 1 saturated heterocycles. The average molecular weight is 171 g/mol. The summed E-state index contributed by atoms with van der Waals surface area (Å²) in [5.41, 5.74) is -0.456. The third-order valence-electron chi connectivity index (χ3n) is 3.11. The quantitative estimate of drug-likeness (QED) is 0.680. The number of likely N-dealkylation sites (tertiary alicyclic amines) is 1. The molecule has 72 valence electrons. The van der Waals surface area contributed by atoms with E-state index in [9.17, 15) is 5.11 Å². The molecule has 0 aromatic carbocycles. The average Bonchev–Trinajstić information content (AvgIpc) is 2.23. The maximum Gasteiger partial charge on any atom is 0.0761 e. The van der Waals surface area contributed by atoms with Crippen LogP contribution >= 0.6 is 0 Å². The highest BCUT2D eigenvalue weighted by Crippen LogP contribution is 2.30. The lowest BCUT2D eigenvalue weighted by atomic mass is 9.93. The molecule has 0 radical (unpaired) electrons. The number of nitrogens with zero attached hydrogens (tertiary/aromatic N) is 1. The second-order valence-electron chi connectivity index (χ2n) is 4.57. The van der Waals surface area contributed by atoms with Gasteiger partial charge in [0.1, 0.15) is 0 Å². The summed E-state index contributed by atoms with van der Waals surface area (Å²) in [4.78, 5) is 2.29. The predicted molar refractivity (Wildman–Crippen MR) is 51.1 cm³/mol. The van der Waals surface area contributed by atoms with Crippen LogP contribution < -0.4 is 0 Å². The summed E-state index contributed by atoms with van der Waals surface area (Å²) in [5.74, 6) is 0.698. The summed E-state index contributed by atoms with van der Waals surface area (Å²) in [7, 11) is 2.11. The van der Waals surface area contributed by atoms with Crippen molar-refractivity contribution in [1.82, 2.24) is 4.90 Å². The molecule has 1 heterocycles. The molecular formula is C10H21NO. The van der Waals surface area contributed by atoms with E-state index in [0.29, 0.717) is 12.0 Å². The van der Waals surface area contributed by atoms with Crippen molar-refractivity contribution in [2.45, 2.75) is 45.3 Å². The van der Waals surface area contributed by atoms with Gasteiger partial charge in [0.25, 0.3) is 0 Å². The first-order valence-corrected chi connectivity index (χ1v) is 4.89. The predicted octanol–water partition coefficient (Wildman–Crippen LogP) is 1.49. The number of hydrogen-bond donors (Lipinski definition) is 1. The molecule has 2 nitrogen and oxygen atoms in total. The lowest BCUT2D eigenvalue weighted by Crippen LogP contribution is -2.31. The van der Waals surface area contributed by atoms with Crippen LogP contribution in [0.2, 0.25) is 0 Å². The van der Waals surface area contributed by atoms with Crippen LogP contribution in [-0.2, 0) is 0 Å². The van der Waals surface area contributed by atoms with Crippen molar-refractivity contribution in [2.75, 3.05) is 13.6 Å². The first-order chi connectivity index (χ1) is 5.46. The minimum Gasteiger partial charge on any atom is -0.389 e. The molecule has 0 aromatic rings. The van der Waals surface area contributed by atoms with Gasteiger partial charge in [-0.1, -0.05) is 20.3 Å². The monoisotopic (exact) mass is 171 g/mol. The molecule has 0 aliphatic carbocycles. The summed E-state index contributed by atoms with van der Waals surface area (Å²) >= 11 is 0. The summed E-state index contributed by atoms with van der Waals surface area (Å²) in [5, 5.41) is 9.84. The van der Waals surface area contributed by atoms with Gasteiger partial charge in [-0.2, -0.15) is 0 Å². The third-order valence-corrected chi connectivity index (χ3v) is 3.11. The van der Waals surface area contributed by atoms with Gasteiger partial charge in [-0.05, 0) is 26.3 Å². The number of β-amino-alcohol motifs (C(OH)–C–C–N with tert-alkyl or cyclic N) is 1. The molecule has 1 aliphatic heterocycles. The summed E-state index contributed by atoms with van der Waals surface area (Å²) in [6, 6.07) is 0.574. The van der Waals surface area contributed by atoms with Crippen LogP contribution in [-0.4, -0.2) is 35.2 Å². The van der Waals surface area contributed by atoms with E-state index in [2.05, 4.69) is 25.8 Å². The standard InChI is InChI=1S/C10H21NO/c1-5-8(2)9-6-10(3,12)7-11(9)4/h8-9,12H,5-7H2,1-4H3. The molecule has 0 saturated carbocycles. The normalized spacial score (nSPS) is 40.2. The second-order valence-corrected chi connectivity index (χ2v) is 4.57. The lowest BCUT2D eigenvalue weighted by Gasteiger charge is -2.24. The van der Waals surface area contributed by atoms with Gasteiger partial charge < -0.3 is 10.0 Å². The minimum absolute atomic E-state index is 0.456. The van der Waals surface area contributed by atoms with E-state index < -0.39 is 5.60 Å². The Morgan fingerprint density at radius 1 is 1.67 bits per heavy atom. The molecule has 1 aliphatic rings. The zero-order valence-electron chi connectivity index (χ0n) is 8.67. The molecule has 1 fully saturated rings. The zero-order chi connectivity index (χ0) is 9.35. The second kappa shape index (κ2) is 3.35. The van der Waals surface area contributed by atoms with Gasteiger partial charge in [-0.3, -0.25) is 0 Å². The van der Waals surface area contributed by atoms with Crippen molar-refractivity contribution in [3.05, 3.63) is 0 Å². The van der Waals surface area contributed by atoms with Gasteiger partial charge in [-0.25, -0.2) is 0 Å². The smallest absolute Gasteiger partial charge is 0.0761 e. The Morgan fingerprint density at radius 2 is 2.25 bits per heavy atom. The van der Waals surface area contributed by atoms with Crippen LogP contribution in [0, 0.1) is 5.92 Å². The van der Waals surface area contributed by atoms with Crippen molar-refractivity contribution in [2.24, 2.45) is 5.92 Å². The van der Waals surface area contributed by atoms with E-state index in [-0.39, 0.29) is 0 Å². The van der Waals surface area contributed by atoms with Crippen molar-refractivity contribution in [3.8, 4) is 0 Å². The SMILES string of the molecule is CCC(C)C1CC(C)(O)CN1C. The highest BCUT2D eigenvalue weighted by molar-refractivity contribution is 4.93. The van der Waals surface area contributed by atoms with Crippen LogP contribution in [0.1, 0.15) is 33.6 Å². The molecular weight excluding hydrogens is 150 g/mol. The number of hydrogen-bond acceptors (Lipinski definition) is 2. The fraction of sp³-hybridized carbons (Fsp3) is 1.00. The highest BCUT2D eigenvalue weighted by Gasteiger charge is 2.38. The number of aliphatic hydroxyl groups is 1. The molecule has 1 N–H and O–H groups in total. The van der Waals surface area contributed by atoms with Crippen LogP contribution in [0.25, 0.3) is 0 Å². The molecule has 0 aromatic heterocycles. The number of rotatable bonds is 2. The topological polar surface area (TPSA) is 23.5 Å². The number of likely N-dealkylation sites (N-methyl/N-ethyl adjacent to an activating group) is 1. The van der Waals surface area contributed by atoms with Gasteiger partial charge in [0.05, 0.1) is 5.60 Å². The maximum atomic E-state index is 9.84. The van der Waals surface area contributed by atoms with Crippen LogP contribution in [0.5, 0.6) is 0 Å². The van der Waals surface area contributed by atoms with E-state index in [4.69, 9.17) is 0 Å². The molecule has 3 unspecified atom stereocenters. The minimum atomic E-state index is -0.456. The fourth-order valence-electron chi connectivity index (χ4n) is 2.23. The Balaban J connectivity index is 2.57. The van der Waals surface area contributed by atoms with E-state index in [1.165, 1.54) is 6.42 Å². The Bertz CT molecular complexity index is 156. The molecule has 3 atom stereocenters. The molecule has 0 amide bonds. The van der Waals surface area contributed by atoms with E-state index in [1.54, 1.807) is 0 Å². The Morgan fingerprint density at radius 3 is 2.58 bits per heavy atom. The molecule has 0 bridgehead atoms. The Labute approximate surface area is 75.6 Å². The van der Waals surface area contributed by atoms with Gasteiger partial charge in [0, 0.05) is 12.6 Å². The zero-order valence-corrected chi connectivity index (χ0v) is 8.67. The van der Waals surface area contributed by atoms with Gasteiger partial charge in [-0.15, -0.1) is 0 Å². The molecule has 12 heavy (non-hydrogen) atoms. The molecule has 1 rings (SSSR count). The third kappa shape index (κ3) is 1.99. The van der Waals surface area contributed by atoms with Crippen molar-refractivity contribution in [1.29, 1.82) is 0 Å². The van der Waals surface area contributed by atoms with Gasteiger partial charge in [0.15, 0.2) is 0 Å². The first kappa shape index (κ1) is 10.0. The van der Waals surface area contributed by atoms with Crippen LogP contribution in [0.15, 0.2) is 0 Å². The Kier molecular flexibility index (Phi) is 2.79. The van der Waals surface area contributed by atoms with E-state index >= 15 is 0 Å². The largest absolute Gasteiger partial charge is 0.389 e. The van der Waals surface area contributed by atoms with Crippen molar-refractivity contribution < 1.29 is 5.11 Å². The Hall–Kier alpha value is -0.0800. The van der Waals surface area contributed by atoms with E-state index in [0.717, 1.165) is 13.0 Å². The van der Waals surface area contributed by atoms with Crippen molar-refractivity contribution in [3.63, 3.8) is 0 Å². The maximum absolute atomic E-state index is 9.84. The van der Waals surface area contributed by atoms with Crippen LogP contribution in [0.4, 0.5) is 0 Å². The fourth-order valence-corrected chi connectivity index (χ4v) is 2.23. The van der Waals surface area contributed by atoms with Gasteiger partial charge in [0.2, 0.25) is 0 Å². The van der Waals surface area contributed by atoms with Crippen LogP contribution in [0.3, 0.4) is 0 Å². The summed E-state index contributed by atoms with van der Waals surface area (Å²) in [6.45, 7) is 7.24. The van der Waals surface area contributed by atoms with Crippen molar-refractivity contribution >= 4 is 0 Å². The first-order valence-electron chi connectivity index (χ1n) is 4.89. The summed E-state index contributed by atoms with van der Waals surface area (Å²) in [6.07, 6.45) is 2.13.